The fourth-order valence-electron chi connectivity index (χ4n) is 2.77. The standard InChI is InChI=1S/C21H15N3O3S2/c25-20(22-16-8-6-15(7-9-16)14-4-2-1-3-5-14)13-28-21-23-18-11-10-17(24(26)27)12-19(18)29-21/h1-12H,13H2,(H,22,25). The van der Waals surface area contributed by atoms with E-state index in [4.69, 9.17) is 0 Å². The Balaban J connectivity index is 1.36. The molecule has 0 saturated heterocycles. The molecular weight excluding hydrogens is 406 g/mol. The molecule has 0 unspecified atom stereocenters. The van der Waals surface area contributed by atoms with Gasteiger partial charge < -0.3 is 5.32 Å². The number of carbonyl (C=O) groups excluding carboxylic acids is 1. The van der Waals surface area contributed by atoms with E-state index in [-0.39, 0.29) is 17.3 Å². The van der Waals surface area contributed by atoms with Gasteiger partial charge in [-0.25, -0.2) is 4.98 Å². The molecule has 0 atom stereocenters. The molecule has 6 nitrogen and oxygen atoms in total. The van der Waals surface area contributed by atoms with Crippen LogP contribution in [0.1, 0.15) is 0 Å². The molecule has 4 aromatic rings. The Kier molecular flexibility index (Phi) is 5.55. The lowest BCUT2D eigenvalue weighted by Crippen LogP contribution is -2.13. The van der Waals surface area contributed by atoms with Crippen molar-refractivity contribution in [3.05, 3.63) is 82.9 Å². The number of rotatable bonds is 6. The van der Waals surface area contributed by atoms with E-state index in [1.807, 2.05) is 54.6 Å². The summed E-state index contributed by atoms with van der Waals surface area (Å²) in [6.07, 6.45) is 0. The third kappa shape index (κ3) is 4.61. The second-order valence-electron chi connectivity index (χ2n) is 6.17. The molecule has 29 heavy (non-hydrogen) atoms. The molecule has 0 saturated carbocycles. The zero-order valence-corrected chi connectivity index (χ0v) is 16.7. The van der Waals surface area contributed by atoms with Crippen molar-refractivity contribution in [1.29, 1.82) is 0 Å². The van der Waals surface area contributed by atoms with Gasteiger partial charge in [-0.3, -0.25) is 14.9 Å². The quantitative estimate of drug-likeness (QED) is 0.249. The highest BCUT2D eigenvalue weighted by atomic mass is 32.2. The Bertz CT molecular complexity index is 1170. The van der Waals surface area contributed by atoms with Crippen LogP contribution in [0.5, 0.6) is 0 Å². The number of fused-ring (bicyclic) bond motifs is 1. The Morgan fingerprint density at radius 2 is 1.76 bits per heavy atom. The molecule has 0 aliphatic heterocycles. The van der Waals surface area contributed by atoms with Crippen LogP contribution in [0, 0.1) is 10.1 Å². The second kappa shape index (κ2) is 8.42. The number of nitro benzene ring substituents is 1. The van der Waals surface area contributed by atoms with Crippen LogP contribution in [0.25, 0.3) is 21.3 Å². The fourth-order valence-corrected chi connectivity index (χ4v) is 4.67. The molecule has 0 radical (unpaired) electrons. The summed E-state index contributed by atoms with van der Waals surface area (Å²) in [5.74, 6) is 0.0789. The normalized spacial score (nSPS) is 10.8. The number of amides is 1. The first kappa shape index (κ1) is 19.1. The lowest BCUT2D eigenvalue weighted by Gasteiger charge is -2.06. The topological polar surface area (TPSA) is 85.1 Å². The van der Waals surface area contributed by atoms with E-state index in [2.05, 4.69) is 10.3 Å². The number of thioether (sulfide) groups is 1. The molecule has 8 heteroatoms. The van der Waals surface area contributed by atoms with E-state index in [1.54, 1.807) is 6.07 Å². The van der Waals surface area contributed by atoms with Crippen LogP contribution in [0.2, 0.25) is 0 Å². The minimum Gasteiger partial charge on any atom is -0.325 e. The Morgan fingerprint density at radius 3 is 2.48 bits per heavy atom. The van der Waals surface area contributed by atoms with Crippen LogP contribution in [0.4, 0.5) is 11.4 Å². The Hall–Kier alpha value is -3.23. The second-order valence-corrected chi connectivity index (χ2v) is 8.42. The summed E-state index contributed by atoms with van der Waals surface area (Å²) in [7, 11) is 0. The summed E-state index contributed by atoms with van der Waals surface area (Å²) in [5, 5.41) is 13.7. The first-order chi connectivity index (χ1) is 14.1. The fraction of sp³-hybridized carbons (Fsp3) is 0.0476. The molecule has 0 fully saturated rings. The summed E-state index contributed by atoms with van der Waals surface area (Å²) in [5.41, 5.74) is 3.67. The number of anilines is 1. The first-order valence-electron chi connectivity index (χ1n) is 8.71. The smallest absolute Gasteiger partial charge is 0.270 e. The molecule has 1 aromatic heterocycles. The van der Waals surface area contributed by atoms with Gasteiger partial charge in [0.15, 0.2) is 4.34 Å². The van der Waals surface area contributed by atoms with Crippen LogP contribution < -0.4 is 5.32 Å². The average Bonchev–Trinajstić information content (AvgIpc) is 3.15. The van der Waals surface area contributed by atoms with Gasteiger partial charge in [0.1, 0.15) is 0 Å². The van der Waals surface area contributed by atoms with E-state index in [0.717, 1.165) is 21.5 Å². The zero-order valence-electron chi connectivity index (χ0n) is 15.1. The molecule has 1 amide bonds. The van der Waals surface area contributed by atoms with Gasteiger partial charge in [0.25, 0.3) is 5.69 Å². The summed E-state index contributed by atoms with van der Waals surface area (Å²) >= 11 is 2.66. The number of carbonyl (C=O) groups is 1. The third-order valence-corrected chi connectivity index (χ3v) is 6.33. The van der Waals surface area contributed by atoms with Crippen molar-refractivity contribution in [2.45, 2.75) is 4.34 Å². The van der Waals surface area contributed by atoms with Crippen molar-refractivity contribution in [2.24, 2.45) is 0 Å². The van der Waals surface area contributed by atoms with Gasteiger partial charge in [0, 0.05) is 17.8 Å². The predicted molar refractivity (Wildman–Crippen MR) is 118 cm³/mol. The minimum absolute atomic E-state index is 0.0365. The van der Waals surface area contributed by atoms with E-state index < -0.39 is 4.92 Å². The van der Waals surface area contributed by atoms with Crippen molar-refractivity contribution >= 4 is 50.6 Å². The number of aromatic nitrogens is 1. The van der Waals surface area contributed by atoms with Crippen molar-refractivity contribution in [3.8, 4) is 11.1 Å². The van der Waals surface area contributed by atoms with Crippen LogP contribution in [-0.2, 0) is 4.79 Å². The number of thiazole rings is 1. The first-order valence-corrected chi connectivity index (χ1v) is 10.5. The lowest BCUT2D eigenvalue weighted by atomic mass is 10.1. The number of non-ortho nitro benzene ring substituents is 1. The summed E-state index contributed by atoms with van der Waals surface area (Å²) in [6, 6.07) is 22.3. The largest absolute Gasteiger partial charge is 0.325 e. The van der Waals surface area contributed by atoms with E-state index in [9.17, 15) is 14.9 Å². The third-order valence-electron chi connectivity index (χ3n) is 4.17. The highest BCUT2D eigenvalue weighted by Gasteiger charge is 2.12. The molecule has 3 aromatic carbocycles. The molecule has 0 bridgehead atoms. The Labute approximate surface area is 174 Å². The lowest BCUT2D eigenvalue weighted by molar-refractivity contribution is -0.384. The zero-order chi connectivity index (χ0) is 20.2. The number of hydrogen-bond acceptors (Lipinski definition) is 6. The Morgan fingerprint density at radius 1 is 1.03 bits per heavy atom. The minimum atomic E-state index is -0.428. The molecule has 0 aliphatic rings. The molecule has 4 rings (SSSR count). The van der Waals surface area contributed by atoms with E-state index >= 15 is 0 Å². The van der Waals surface area contributed by atoms with E-state index in [1.165, 1.54) is 35.2 Å². The highest BCUT2D eigenvalue weighted by molar-refractivity contribution is 8.01. The molecule has 1 N–H and O–H groups in total. The van der Waals surface area contributed by atoms with E-state index in [0.29, 0.717) is 9.86 Å². The number of hydrogen-bond donors (Lipinski definition) is 1. The van der Waals surface area contributed by atoms with Crippen LogP contribution in [0.3, 0.4) is 0 Å². The monoisotopic (exact) mass is 421 g/mol. The maximum atomic E-state index is 12.3. The van der Waals surface area contributed by atoms with Gasteiger partial charge in [0.05, 0.1) is 20.9 Å². The molecule has 144 valence electrons. The number of nitrogens with zero attached hydrogens (tertiary/aromatic N) is 2. The van der Waals surface area contributed by atoms with Crippen molar-refractivity contribution in [3.63, 3.8) is 0 Å². The number of benzene rings is 3. The van der Waals surface area contributed by atoms with Crippen LogP contribution >= 0.6 is 23.1 Å². The number of nitrogens with one attached hydrogen (secondary N) is 1. The van der Waals surface area contributed by atoms with Gasteiger partial charge in [0.2, 0.25) is 5.91 Å². The van der Waals surface area contributed by atoms with Crippen LogP contribution in [0.15, 0.2) is 77.1 Å². The maximum absolute atomic E-state index is 12.3. The summed E-state index contributed by atoms with van der Waals surface area (Å²) in [4.78, 5) is 27.1. The molecule has 0 aliphatic carbocycles. The maximum Gasteiger partial charge on any atom is 0.270 e. The van der Waals surface area contributed by atoms with Gasteiger partial charge in [-0.05, 0) is 29.3 Å². The predicted octanol–water partition coefficient (Wildman–Crippen LogP) is 5.60. The van der Waals surface area contributed by atoms with Gasteiger partial charge in [-0.2, -0.15) is 0 Å². The average molecular weight is 422 g/mol. The SMILES string of the molecule is O=C(CSc1nc2ccc([N+](=O)[O-])cc2s1)Nc1ccc(-c2ccccc2)cc1. The highest BCUT2D eigenvalue weighted by Crippen LogP contribution is 2.32. The summed E-state index contributed by atoms with van der Waals surface area (Å²) in [6.45, 7) is 0. The molecule has 1 heterocycles. The van der Waals surface area contributed by atoms with Crippen molar-refractivity contribution < 1.29 is 9.72 Å². The van der Waals surface area contributed by atoms with Gasteiger partial charge in [-0.1, -0.05) is 54.2 Å². The summed E-state index contributed by atoms with van der Waals surface area (Å²) < 4.78 is 1.44. The number of nitro groups is 1. The van der Waals surface area contributed by atoms with Crippen LogP contribution in [-0.4, -0.2) is 21.6 Å². The van der Waals surface area contributed by atoms with Gasteiger partial charge >= 0.3 is 0 Å². The van der Waals surface area contributed by atoms with Gasteiger partial charge in [-0.15, -0.1) is 11.3 Å². The van der Waals surface area contributed by atoms with Crippen molar-refractivity contribution in [1.82, 2.24) is 4.98 Å². The molecular formula is C21H15N3O3S2. The molecule has 0 spiro atoms. The van der Waals surface area contributed by atoms with Crippen molar-refractivity contribution in [2.75, 3.05) is 11.1 Å².